The summed E-state index contributed by atoms with van der Waals surface area (Å²) in [6.45, 7) is 5.64. The Kier molecular flexibility index (Phi) is 10.6. The molecule has 3 N–H and O–H groups in total. The largest absolute Gasteiger partial charge is 0.465 e. The smallest absolute Gasteiger partial charge is 0.323 e. The van der Waals surface area contributed by atoms with E-state index in [2.05, 4.69) is 5.32 Å². The third-order valence-corrected chi connectivity index (χ3v) is 5.74. The number of unbranched alkanes of at least 4 members (excludes halogenated alkanes) is 1. The van der Waals surface area contributed by atoms with Crippen LogP contribution in [0.1, 0.15) is 58.4 Å². The SMILES string of the molecule is CCCCC(CCC(=O)NCc1ccc(S(N)(=O)=O)cc1)(C(=O)OCC)C(=O)OCC. The first kappa shape index (κ1) is 26.6. The van der Waals surface area contributed by atoms with E-state index in [-0.39, 0.29) is 49.8 Å². The van der Waals surface area contributed by atoms with Crippen molar-refractivity contribution < 1.29 is 32.3 Å². The van der Waals surface area contributed by atoms with Crippen molar-refractivity contribution in [3.8, 4) is 0 Å². The van der Waals surface area contributed by atoms with Crippen molar-refractivity contribution in [2.45, 2.75) is 64.3 Å². The van der Waals surface area contributed by atoms with Crippen molar-refractivity contribution in [2.24, 2.45) is 10.6 Å². The summed E-state index contributed by atoms with van der Waals surface area (Å²) in [7, 11) is -3.78. The highest BCUT2D eigenvalue weighted by Crippen LogP contribution is 2.34. The van der Waals surface area contributed by atoms with E-state index in [0.717, 1.165) is 6.42 Å². The van der Waals surface area contributed by atoms with Crippen molar-refractivity contribution >= 4 is 27.9 Å². The van der Waals surface area contributed by atoms with Crippen LogP contribution in [0.3, 0.4) is 0 Å². The fourth-order valence-electron chi connectivity index (χ4n) is 3.05. The lowest BCUT2D eigenvalue weighted by Crippen LogP contribution is -2.43. The minimum Gasteiger partial charge on any atom is -0.465 e. The number of ether oxygens (including phenoxy) is 2. The Morgan fingerprint density at radius 3 is 1.97 bits per heavy atom. The number of hydrogen-bond acceptors (Lipinski definition) is 7. The molecule has 0 aliphatic carbocycles. The van der Waals surface area contributed by atoms with Gasteiger partial charge < -0.3 is 14.8 Å². The Hall–Kier alpha value is -2.46. The van der Waals surface area contributed by atoms with Crippen molar-refractivity contribution in [1.82, 2.24) is 5.32 Å². The molecule has 0 saturated heterocycles. The minimum atomic E-state index is -3.78. The highest BCUT2D eigenvalue weighted by Gasteiger charge is 2.48. The zero-order valence-electron chi connectivity index (χ0n) is 18.3. The molecule has 0 atom stereocenters. The summed E-state index contributed by atoms with van der Waals surface area (Å²) in [4.78, 5) is 37.7. The fourth-order valence-corrected chi connectivity index (χ4v) is 3.56. The molecule has 174 valence electrons. The summed E-state index contributed by atoms with van der Waals surface area (Å²) >= 11 is 0. The molecule has 0 saturated carbocycles. The van der Waals surface area contributed by atoms with Gasteiger partial charge in [-0.15, -0.1) is 0 Å². The molecule has 0 spiro atoms. The number of sulfonamides is 1. The molecule has 0 heterocycles. The molecule has 31 heavy (non-hydrogen) atoms. The number of hydrogen-bond donors (Lipinski definition) is 2. The molecule has 1 aromatic rings. The van der Waals surface area contributed by atoms with Gasteiger partial charge in [0.05, 0.1) is 18.1 Å². The number of nitrogens with one attached hydrogen (secondary N) is 1. The van der Waals surface area contributed by atoms with Crippen LogP contribution in [0.4, 0.5) is 0 Å². The molecule has 0 bridgehead atoms. The fraction of sp³-hybridized carbons (Fsp3) is 0.571. The van der Waals surface area contributed by atoms with E-state index in [1.54, 1.807) is 26.0 Å². The molecular weight excluding hydrogens is 424 g/mol. The molecule has 1 amide bonds. The number of nitrogens with two attached hydrogens (primary N) is 1. The summed E-state index contributed by atoms with van der Waals surface area (Å²) < 4.78 is 32.9. The second-order valence-corrected chi connectivity index (χ2v) is 8.65. The third kappa shape index (κ3) is 7.95. The number of primary sulfonamides is 1. The van der Waals surface area contributed by atoms with Crippen molar-refractivity contribution in [1.29, 1.82) is 0 Å². The van der Waals surface area contributed by atoms with E-state index in [0.29, 0.717) is 12.0 Å². The molecule has 1 aromatic carbocycles. The van der Waals surface area contributed by atoms with Gasteiger partial charge in [-0.1, -0.05) is 31.9 Å². The van der Waals surface area contributed by atoms with E-state index in [4.69, 9.17) is 14.6 Å². The number of rotatable bonds is 13. The maximum absolute atomic E-state index is 12.7. The maximum atomic E-state index is 12.7. The lowest BCUT2D eigenvalue weighted by molar-refractivity contribution is -0.173. The van der Waals surface area contributed by atoms with Gasteiger partial charge in [-0.05, 0) is 44.4 Å². The molecule has 0 radical (unpaired) electrons. The molecule has 0 unspecified atom stereocenters. The standard InChI is InChI=1S/C21H32N2O7S/c1-4-7-13-21(19(25)29-5-2,20(26)30-6-3)14-12-18(24)23-15-16-8-10-17(11-9-16)31(22,27)28/h8-11H,4-7,12-15H2,1-3H3,(H,23,24)(H2,22,27,28). The first-order valence-corrected chi connectivity index (χ1v) is 11.9. The van der Waals surface area contributed by atoms with Crippen LogP contribution in [-0.2, 0) is 40.4 Å². The first-order chi connectivity index (χ1) is 14.6. The van der Waals surface area contributed by atoms with E-state index in [1.807, 2.05) is 6.92 Å². The summed E-state index contributed by atoms with van der Waals surface area (Å²) in [6.07, 6.45) is 1.51. The zero-order chi connectivity index (χ0) is 23.5. The Morgan fingerprint density at radius 2 is 1.52 bits per heavy atom. The van der Waals surface area contributed by atoms with Crippen molar-refractivity contribution in [2.75, 3.05) is 13.2 Å². The molecule has 10 heteroatoms. The number of esters is 2. The average molecular weight is 457 g/mol. The van der Waals surface area contributed by atoms with Crippen molar-refractivity contribution in [3.05, 3.63) is 29.8 Å². The second kappa shape index (κ2) is 12.4. The molecular formula is C21H32N2O7S. The molecule has 0 aliphatic heterocycles. The monoisotopic (exact) mass is 456 g/mol. The summed E-state index contributed by atoms with van der Waals surface area (Å²) in [6, 6.07) is 5.80. The number of carbonyl (C=O) groups excluding carboxylic acids is 3. The van der Waals surface area contributed by atoms with Gasteiger partial charge in [-0.3, -0.25) is 14.4 Å². The van der Waals surface area contributed by atoms with Gasteiger partial charge in [-0.2, -0.15) is 0 Å². The Morgan fingerprint density at radius 1 is 0.968 bits per heavy atom. The lowest BCUT2D eigenvalue weighted by atomic mass is 9.78. The van der Waals surface area contributed by atoms with Crippen LogP contribution in [0.25, 0.3) is 0 Å². The van der Waals surface area contributed by atoms with Gasteiger partial charge in [0.25, 0.3) is 0 Å². The van der Waals surface area contributed by atoms with Crippen LogP contribution in [-0.4, -0.2) is 39.5 Å². The highest BCUT2D eigenvalue weighted by atomic mass is 32.2. The maximum Gasteiger partial charge on any atom is 0.323 e. The molecule has 0 aliphatic rings. The first-order valence-electron chi connectivity index (χ1n) is 10.3. The second-order valence-electron chi connectivity index (χ2n) is 7.09. The predicted molar refractivity (Wildman–Crippen MR) is 114 cm³/mol. The van der Waals surface area contributed by atoms with E-state index < -0.39 is 27.4 Å². The zero-order valence-corrected chi connectivity index (χ0v) is 19.1. The average Bonchev–Trinajstić information content (AvgIpc) is 2.72. The summed E-state index contributed by atoms with van der Waals surface area (Å²) in [5, 5.41) is 7.77. The van der Waals surface area contributed by atoms with E-state index in [1.165, 1.54) is 12.1 Å². The number of amides is 1. The van der Waals surface area contributed by atoms with Gasteiger partial charge in [0.2, 0.25) is 15.9 Å². The number of carbonyl (C=O) groups is 3. The Balaban J connectivity index is 2.84. The predicted octanol–water partition coefficient (Wildman–Crippen LogP) is 2.03. The van der Waals surface area contributed by atoms with E-state index in [9.17, 15) is 22.8 Å². The minimum absolute atomic E-state index is 0.0212. The molecule has 0 fully saturated rings. The van der Waals surface area contributed by atoms with Gasteiger partial charge in [-0.25, -0.2) is 13.6 Å². The Labute approximate surface area is 183 Å². The molecule has 1 rings (SSSR count). The van der Waals surface area contributed by atoms with Crippen molar-refractivity contribution in [3.63, 3.8) is 0 Å². The summed E-state index contributed by atoms with van der Waals surface area (Å²) in [5.74, 6) is -1.70. The highest BCUT2D eigenvalue weighted by molar-refractivity contribution is 7.89. The van der Waals surface area contributed by atoms with Gasteiger partial charge >= 0.3 is 11.9 Å². The van der Waals surface area contributed by atoms with Crippen LogP contribution in [0.5, 0.6) is 0 Å². The third-order valence-electron chi connectivity index (χ3n) is 4.81. The van der Waals surface area contributed by atoms with Gasteiger partial charge in [0.15, 0.2) is 5.41 Å². The van der Waals surface area contributed by atoms with Crippen LogP contribution in [0, 0.1) is 5.41 Å². The molecule has 9 nitrogen and oxygen atoms in total. The Bertz CT molecular complexity index is 833. The van der Waals surface area contributed by atoms with Gasteiger partial charge in [0.1, 0.15) is 0 Å². The number of benzene rings is 1. The summed E-state index contributed by atoms with van der Waals surface area (Å²) in [5.41, 5.74) is -0.843. The lowest BCUT2D eigenvalue weighted by Gasteiger charge is -2.29. The van der Waals surface area contributed by atoms with Crippen LogP contribution >= 0.6 is 0 Å². The molecule has 0 aromatic heterocycles. The topological polar surface area (TPSA) is 142 Å². The van der Waals surface area contributed by atoms with Crippen LogP contribution < -0.4 is 10.5 Å². The van der Waals surface area contributed by atoms with Crippen LogP contribution in [0.15, 0.2) is 29.2 Å². The quantitative estimate of drug-likeness (QED) is 0.342. The normalized spacial score (nSPS) is 11.6. The van der Waals surface area contributed by atoms with Crippen LogP contribution in [0.2, 0.25) is 0 Å². The van der Waals surface area contributed by atoms with Gasteiger partial charge in [0, 0.05) is 13.0 Å². The van der Waals surface area contributed by atoms with E-state index >= 15 is 0 Å².